The number of carbonyl (C=O) groups is 3. The fourth-order valence-corrected chi connectivity index (χ4v) is 2.45. The van der Waals surface area contributed by atoms with Crippen LogP contribution in [0.5, 0.6) is 5.75 Å². The molecule has 0 fully saturated rings. The molecule has 0 atom stereocenters. The monoisotopic (exact) mass is 382 g/mol. The second-order valence-electron chi connectivity index (χ2n) is 5.00. The first-order valence-corrected chi connectivity index (χ1v) is 7.26. The summed E-state index contributed by atoms with van der Waals surface area (Å²) in [5, 5.41) is 27.0. The lowest BCUT2D eigenvalue weighted by molar-refractivity contribution is -0.139. The van der Waals surface area contributed by atoms with Crippen molar-refractivity contribution in [2.24, 2.45) is 0 Å². The van der Waals surface area contributed by atoms with E-state index in [1.807, 2.05) is 0 Å². The molecule has 0 unspecified atom stereocenters. The number of halogens is 1. The lowest BCUT2D eigenvalue weighted by Crippen LogP contribution is -2.18. The van der Waals surface area contributed by atoms with Gasteiger partial charge in [-0.15, -0.1) is 0 Å². The van der Waals surface area contributed by atoms with Gasteiger partial charge in [-0.25, -0.2) is 9.59 Å². The van der Waals surface area contributed by atoms with E-state index in [9.17, 15) is 24.3 Å². The highest BCUT2D eigenvalue weighted by Crippen LogP contribution is 2.30. The third kappa shape index (κ3) is 3.67. The predicted molar refractivity (Wildman–Crippen MR) is 88.3 cm³/mol. The maximum absolute atomic E-state index is 12.7. The maximum atomic E-state index is 12.7. The highest BCUT2D eigenvalue weighted by atomic mass is 35.5. The van der Waals surface area contributed by atoms with E-state index in [0.717, 1.165) is 19.2 Å². The van der Waals surface area contributed by atoms with Crippen LogP contribution in [0.15, 0.2) is 27.4 Å². The van der Waals surface area contributed by atoms with Crippen LogP contribution in [0.25, 0.3) is 16.0 Å². The molecule has 0 saturated heterocycles. The summed E-state index contributed by atoms with van der Waals surface area (Å²) in [7, 11) is 1.08. The van der Waals surface area contributed by atoms with E-state index < -0.39 is 46.3 Å². The number of carboxylic acids is 2. The Balaban J connectivity index is 2.91. The number of phenolic OH excluding ortho intramolecular Hbond substituents is 1. The molecule has 0 aliphatic rings. The SMILES string of the molecule is COC(=O)Cc1c(/C(Cl)=C\C(=O)O)oc2cc(C(=O)O)cc(O)c2c1=O. The zero-order valence-electron chi connectivity index (χ0n) is 13.1. The van der Waals surface area contributed by atoms with Gasteiger partial charge in [-0.05, 0) is 12.1 Å². The average Bonchev–Trinajstić information content (AvgIpc) is 2.55. The summed E-state index contributed by atoms with van der Waals surface area (Å²) in [6.45, 7) is 0. The Morgan fingerprint density at radius 3 is 2.46 bits per heavy atom. The number of ether oxygens (including phenoxy) is 1. The van der Waals surface area contributed by atoms with Crippen LogP contribution in [0.1, 0.15) is 21.7 Å². The zero-order chi connectivity index (χ0) is 19.6. The molecule has 0 aliphatic carbocycles. The number of hydrogen-bond acceptors (Lipinski definition) is 7. The predicted octanol–water partition coefficient (Wildman–Crippen LogP) is 1.58. The number of aliphatic carboxylic acids is 1. The fourth-order valence-electron chi connectivity index (χ4n) is 2.20. The molecule has 2 rings (SSSR count). The van der Waals surface area contributed by atoms with Gasteiger partial charge in [0.1, 0.15) is 16.7 Å². The van der Waals surface area contributed by atoms with Gasteiger partial charge in [0.25, 0.3) is 0 Å². The Morgan fingerprint density at radius 1 is 1.27 bits per heavy atom. The quantitative estimate of drug-likeness (QED) is 0.516. The summed E-state index contributed by atoms with van der Waals surface area (Å²) < 4.78 is 9.84. The molecular formula is C16H11ClO9. The molecule has 26 heavy (non-hydrogen) atoms. The minimum absolute atomic E-state index is 0.340. The minimum atomic E-state index is -1.44. The van der Waals surface area contributed by atoms with E-state index in [0.29, 0.717) is 6.08 Å². The first kappa shape index (κ1) is 19.0. The Hall–Kier alpha value is -3.33. The topological polar surface area (TPSA) is 151 Å². The van der Waals surface area contributed by atoms with E-state index in [4.69, 9.17) is 26.2 Å². The Kier molecular flexibility index (Phi) is 5.32. The van der Waals surface area contributed by atoms with Crippen molar-refractivity contribution >= 4 is 45.5 Å². The lowest BCUT2D eigenvalue weighted by Gasteiger charge is -2.10. The van der Waals surface area contributed by atoms with Crippen LogP contribution < -0.4 is 5.43 Å². The van der Waals surface area contributed by atoms with Crippen molar-refractivity contribution in [1.82, 2.24) is 0 Å². The largest absolute Gasteiger partial charge is 0.507 e. The van der Waals surface area contributed by atoms with Gasteiger partial charge in [0.05, 0.1) is 29.7 Å². The standard InChI is InChI=1S/C16H11ClO9/c1-25-12(21)4-7-14(22)13-9(18)2-6(16(23)24)3-10(13)26-15(7)8(17)5-11(19)20/h2-3,5,18H,4H2,1H3,(H,19,20)(H,23,24)/b8-5+. The van der Waals surface area contributed by atoms with Crippen LogP contribution >= 0.6 is 11.6 Å². The van der Waals surface area contributed by atoms with E-state index in [1.165, 1.54) is 0 Å². The number of methoxy groups -OCH3 is 1. The number of aromatic carboxylic acids is 1. The number of esters is 1. The zero-order valence-corrected chi connectivity index (χ0v) is 13.9. The van der Waals surface area contributed by atoms with Crippen molar-refractivity contribution in [2.45, 2.75) is 6.42 Å². The van der Waals surface area contributed by atoms with E-state index in [2.05, 4.69) is 4.74 Å². The molecule has 0 saturated carbocycles. The molecule has 9 nitrogen and oxygen atoms in total. The Morgan fingerprint density at radius 2 is 1.92 bits per heavy atom. The molecule has 10 heteroatoms. The van der Waals surface area contributed by atoms with E-state index in [1.54, 1.807) is 0 Å². The molecule has 1 aromatic heterocycles. The van der Waals surface area contributed by atoms with Gasteiger partial charge in [-0.2, -0.15) is 0 Å². The third-order valence-electron chi connectivity index (χ3n) is 3.33. The normalized spacial score (nSPS) is 11.4. The number of fused-ring (bicyclic) bond motifs is 1. The summed E-state index contributed by atoms with van der Waals surface area (Å²) in [5.41, 5.74) is -1.93. The van der Waals surface area contributed by atoms with Gasteiger partial charge < -0.3 is 24.5 Å². The summed E-state index contributed by atoms with van der Waals surface area (Å²) in [4.78, 5) is 46.2. The number of hydrogen-bond donors (Lipinski definition) is 3. The number of carboxylic acid groups (broad SMARTS) is 2. The number of phenols is 1. The molecule has 0 spiro atoms. The second-order valence-corrected chi connectivity index (χ2v) is 5.40. The number of rotatable bonds is 5. The molecular weight excluding hydrogens is 372 g/mol. The minimum Gasteiger partial charge on any atom is -0.507 e. The fraction of sp³-hybridized carbons (Fsp3) is 0.125. The van der Waals surface area contributed by atoms with Gasteiger partial charge in [-0.3, -0.25) is 9.59 Å². The number of carbonyl (C=O) groups excluding carboxylic acids is 1. The first-order valence-electron chi connectivity index (χ1n) is 6.89. The molecule has 1 heterocycles. The lowest BCUT2D eigenvalue weighted by atomic mass is 10.0. The van der Waals surface area contributed by atoms with Gasteiger partial charge in [0, 0.05) is 6.08 Å². The highest BCUT2D eigenvalue weighted by Gasteiger charge is 2.23. The van der Waals surface area contributed by atoms with Crippen molar-refractivity contribution in [3.8, 4) is 5.75 Å². The summed E-state index contributed by atoms with van der Waals surface area (Å²) in [5.74, 6) is -4.79. The van der Waals surface area contributed by atoms with E-state index in [-0.39, 0.29) is 22.1 Å². The van der Waals surface area contributed by atoms with Crippen molar-refractivity contribution < 1.29 is 38.9 Å². The smallest absolute Gasteiger partial charge is 0.335 e. The summed E-state index contributed by atoms with van der Waals surface area (Å²) in [6.07, 6.45) is -0.0682. The van der Waals surface area contributed by atoms with Crippen molar-refractivity contribution in [2.75, 3.05) is 7.11 Å². The average molecular weight is 383 g/mol. The van der Waals surface area contributed by atoms with Crippen LogP contribution in [0.4, 0.5) is 0 Å². The van der Waals surface area contributed by atoms with Gasteiger partial charge in [-0.1, -0.05) is 11.6 Å². The molecule has 0 aliphatic heterocycles. The molecule has 0 bridgehead atoms. The first-order chi connectivity index (χ1) is 12.1. The maximum Gasteiger partial charge on any atom is 0.335 e. The van der Waals surface area contributed by atoms with Crippen molar-refractivity contribution in [3.05, 3.63) is 45.3 Å². The van der Waals surface area contributed by atoms with Crippen LogP contribution in [0.2, 0.25) is 0 Å². The van der Waals surface area contributed by atoms with Crippen molar-refractivity contribution in [1.29, 1.82) is 0 Å². The van der Waals surface area contributed by atoms with Crippen LogP contribution in [0.3, 0.4) is 0 Å². The van der Waals surface area contributed by atoms with E-state index >= 15 is 0 Å². The van der Waals surface area contributed by atoms with Crippen LogP contribution in [0, 0.1) is 0 Å². The Bertz CT molecular complexity index is 1020. The molecule has 2 aromatic rings. The molecule has 0 amide bonds. The van der Waals surface area contributed by atoms with Gasteiger partial charge in [0.2, 0.25) is 5.43 Å². The molecule has 3 N–H and O–H groups in total. The van der Waals surface area contributed by atoms with Gasteiger partial charge in [0.15, 0.2) is 5.76 Å². The molecule has 136 valence electrons. The van der Waals surface area contributed by atoms with Crippen LogP contribution in [-0.4, -0.2) is 40.3 Å². The summed E-state index contributed by atoms with van der Waals surface area (Å²) in [6, 6.07) is 1.81. The van der Waals surface area contributed by atoms with Crippen LogP contribution in [-0.2, 0) is 20.7 Å². The number of aromatic hydroxyl groups is 1. The molecule has 1 aromatic carbocycles. The highest BCUT2D eigenvalue weighted by molar-refractivity contribution is 6.49. The van der Waals surface area contributed by atoms with Crippen molar-refractivity contribution in [3.63, 3.8) is 0 Å². The third-order valence-corrected chi connectivity index (χ3v) is 3.61. The number of benzene rings is 1. The van der Waals surface area contributed by atoms with Gasteiger partial charge >= 0.3 is 17.9 Å². The Labute approximate surface area is 149 Å². The summed E-state index contributed by atoms with van der Waals surface area (Å²) >= 11 is 5.86. The second kappa shape index (κ2) is 7.28. The molecule has 0 radical (unpaired) electrons.